The third-order valence-corrected chi connectivity index (χ3v) is 9.27. The van der Waals surface area contributed by atoms with Crippen LogP contribution in [0.15, 0.2) is 77.7 Å². The minimum absolute atomic E-state index is 0.0840. The summed E-state index contributed by atoms with van der Waals surface area (Å²) in [6.07, 6.45) is 3.97. The van der Waals surface area contributed by atoms with Gasteiger partial charge in [-0.2, -0.15) is 0 Å². The molecule has 218 valence electrons. The van der Waals surface area contributed by atoms with Crippen molar-refractivity contribution in [1.82, 2.24) is 10.2 Å². The first-order valence-corrected chi connectivity index (χ1v) is 15.4. The number of nitrogens with zero attached hydrogens (tertiary/aromatic N) is 2. The second-order valence-electron chi connectivity index (χ2n) is 10.7. The highest BCUT2D eigenvalue weighted by atomic mass is 32.2. The highest BCUT2D eigenvalue weighted by Crippen LogP contribution is 2.27. The molecule has 1 atom stereocenters. The van der Waals surface area contributed by atoms with Gasteiger partial charge in [0.2, 0.25) is 11.8 Å². The highest BCUT2D eigenvalue weighted by Gasteiger charge is 2.33. The van der Waals surface area contributed by atoms with Crippen molar-refractivity contribution in [2.24, 2.45) is 0 Å². The van der Waals surface area contributed by atoms with Crippen LogP contribution in [-0.2, 0) is 26.2 Å². The van der Waals surface area contributed by atoms with Gasteiger partial charge in [-0.3, -0.25) is 13.9 Å². The third-order valence-electron chi connectivity index (χ3n) is 7.49. The summed E-state index contributed by atoms with van der Waals surface area (Å²) in [6, 6.07) is 20.1. The largest absolute Gasteiger partial charge is 0.497 e. The van der Waals surface area contributed by atoms with E-state index in [-0.39, 0.29) is 23.4 Å². The van der Waals surface area contributed by atoms with E-state index in [0.29, 0.717) is 11.4 Å². The summed E-state index contributed by atoms with van der Waals surface area (Å²) in [5, 5.41) is 3.09. The molecule has 0 aromatic heterocycles. The minimum atomic E-state index is -4.09. The Bertz CT molecular complexity index is 1430. The van der Waals surface area contributed by atoms with Crippen LogP contribution < -0.4 is 14.4 Å². The third kappa shape index (κ3) is 7.47. The van der Waals surface area contributed by atoms with Crippen LogP contribution >= 0.6 is 0 Å². The van der Waals surface area contributed by atoms with Crippen LogP contribution in [0.5, 0.6) is 5.75 Å². The van der Waals surface area contributed by atoms with E-state index in [1.165, 1.54) is 17.0 Å². The summed E-state index contributed by atoms with van der Waals surface area (Å²) in [7, 11) is -2.52. The van der Waals surface area contributed by atoms with Crippen LogP contribution in [0.25, 0.3) is 0 Å². The van der Waals surface area contributed by atoms with Gasteiger partial charge in [0.05, 0.1) is 17.7 Å². The van der Waals surface area contributed by atoms with Gasteiger partial charge in [0, 0.05) is 12.6 Å². The summed E-state index contributed by atoms with van der Waals surface area (Å²) in [5.74, 6) is -0.0511. The molecule has 1 saturated carbocycles. The number of rotatable bonds is 11. The Kier molecular flexibility index (Phi) is 9.70. The molecule has 3 aromatic rings. The lowest BCUT2D eigenvalue weighted by Crippen LogP contribution is -2.52. The molecule has 1 fully saturated rings. The van der Waals surface area contributed by atoms with Gasteiger partial charge in [-0.25, -0.2) is 8.42 Å². The number of carbonyl (C=O) groups excluding carboxylic acids is 2. The summed E-state index contributed by atoms with van der Waals surface area (Å²) in [5.41, 5.74) is 2.94. The average Bonchev–Trinajstić information content (AvgIpc) is 3.47. The Labute approximate surface area is 243 Å². The quantitative estimate of drug-likeness (QED) is 0.347. The van der Waals surface area contributed by atoms with Gasteiger partial charge < -0.3 is 15.0 Å². The molecular formula is C32H39N3O5S. The molecule has 0 bridgehead atoms. The second kappa shape index (κ2) is 13.2. The van der Waals surface area contributed by atoms with Gasteiger partial charge in [-0.1, -0.05) is 49.2 Å². The van der Waals surface area contributed by atoms with Crippen molar-refractivity contribution >= 4 is 27.5 Å². The number of hydrogen-bond acceptors (Lipinski definition) is 5. The first-order chi connectivity index (χ1) is 19.6. The van der Waals surface area contributed by atoms with Gasteiger partial charge in [0.1, 0.15) is 18.3 Å². The predicted octanol–water partition coefficient (Wildman–Crippen LogP) is 4.98. The highest BCUT2D eigenvalue weighted by molar-refractivity contribution is 7.92. The summed E-state index contributed by atoms with van der Waals surface area (Å²) < 4.78 is 34.3. The standard InChI is InChI=1S/C32H39N3O5S/c1-23-18-24(2)20-28(19-23)35(41(38,39)30-12-6-5-7-13-30)22-31(36)34(21-26-14-16-29(40-4)17-15-26)25(3)32(37)33-27-10-8-9-11-27/h5-7,12-20,25,27H,8-11,21-22H2,1-4H3,(H,33,37). The maximum absolute atomic E-state index is 14.1. The number of nitrogens with one attached hydrogen (secondary N) is 1. The molecule has 1 aliphatic carbocycles. The Morgan fingerprint density at radius 1 is 0.951 bits per heavy atom. The molecule has 0 radical (unpaired) electrons. The molecule has 3 aromatic carbocycles. The summed E-state index contributed by atoms with van der Waals surface area (Å²) in [6.45, 7) is 5.14. The first-order valence-electron chi connectivity index (χ1n) is 14.0. The monoisotopic (exact) mass is 577 g/mol. The average molecular weight is 578 g/mol. The van der Waals surface area contributed by atoms with E-state index >= 15 is 0 Å². The van der Waals surface area contributed by atoms with Crippen molar-refractivity contribution in [3.8, 4) is 5.75 Å². The zero-order valence-electron chi connectivity index (χ0n) is 24.2. The van der Waals surface area contributed by atoms with E-state index in [0.717, 1.165) is 46.7 Å². The van der Waals surface area contributed by atoms with Crippen LogP contribution in [0.1, 0.15) is 49.3 Å². The predicted molar refractivity (Wildman–Crippen MR) is 160 cm³/mol. The van der Waals surface area contributed by atoms with Crippen molar-refractivity contribution in [2.75, 3.05) is 18.0 Å². The molecule has 1 N–H and O–H groups in total. The van der Waals surface area contributed by atoms with Gasteiger partial charge in [-0.05, 0) is 86.7 Å². The zero-order chi connectivity index (χ0) is 29.6. The van der Waals surface area contributed by atoms with Crippen LogP contribution in [0.3, 0.4) is 0 Å². The van der Waals surface area contributed by atoms with Gasteiger partial charge in [-0.15, -0.1) is 0 Å². The molecule has 4 rings (SSSR count). The minimum Gasteiger partial charge on any atom is -0.497 e. The molecule has 0 spiro atoms. The number of aryl methyl sites for hydroxylation is 2. The topological polar surface area (TPSA) is 96.0 Å². The lowest BCUT2D eigenvalue weighted by atomic mass is 10.1. The van der Waals surface area contributed by atoms with Crippen LogP contribution in [0.2, 0.25) is 0 Å². The number of hydrogen-bond donors (Lipinski definition) is 1. The maximum Gasteiger partial charge on any atom is 0.264 e. The van der Waals surface area contributed by atoms with Gasteiger partial charge >= 0.3 is 0 Å². The molecule has 8 nitrogen and oxygen atoms in total. The van der Waals surface area contributed by atoms with Crippen LogP contribution in [0.4, 0.5) is 5.69 Å². The number of benzene rings is 3. The van der Waals surface area contributed by atoms with E-state index in [1.807, 2.05) is 32.0 Å². The first kappa shape index (κ1) is 30.1. The van der Waals surface area contributed by atoms with E-state index < -0.39 is 28.5 Å². The fraction of sp³-hybridized carbons (Fsp3) is 0.375. The number of ether oxygens (including phenoxy) is 1. The number of carbonyl (C=O) groups is 2. The molecule has 2 amide bonds. The van der Waals surface area contributed by atoms with Crippen LogP contribution in [0, 0.1) is 13.8 Å². The molecule has 41 heavy (non-hydrogen) atoms. The Morgan fingerprint density at radius 3 is 2.15 bits per heavy atom. The molecule has 0 saturated heterocycles. The smallest absolute Gasteiger partial charge is 0.264 e. The van der Waals surface area contributed by atoms with Crippen molar-refractivity contribution in [3.63, 3.8) is 0 Å². The van der Waals surface area contributed by atoms with Gasteiger partial charge in [0.15, 0.2) is 0 Å². The second-order valence-corrected chi connectivity index (χ2v) is 12.6. The fourth-order valence-electron chi connectivity index (χ4n) is 5.25. The van der Waals surface area contributed by atoms with Crippen molar-refractivity contribution < 1.29 is 22.7 Å². The van der Waals surface area contributed by atoms with E-state index in [9.17, 15) is 18.0 Å². The molecule has 1 unspecified atom stereocenters. The number of anilines is 1. The van der Waals surface area contributed by atoms with Crippen molar-refractivity contribution in [3.05, 3.63) is 89.5 Å². The lowest BCUT2D eigenvalue weighted by Gasteiger charge is -2.32. The molecule has 1 aliphatic rings. The lowest BCUT2D eigenvalue weighted by molar-refractivity contribution is -0.139. The van der Waals surface area contributed by atoms with E-state index in [4.69, 9.17) is 4.74 Å². The number of amides is 2. The number of sulfonamides is 1. The van der Waals surface area contributed by atoms with Crippen LogP contribution in [-0.4, -0.2) is 50.9 Å². The molecule has 9 heteroatoms. The van der Waals surface area contributed by atoms with Crippen molar-refractivity contribution in [2.45, 2.75) is 70.0 Å². The van der Waals surface area contributed by atoms with Gasteiger partial charge in [0.25, 0.3) is 10.0 Å². The fourth-order valence-corrected chi connectivity index (χ4v) is 6.66. The van der Waals surface area contributed by atoms with E-state index in [1.54, 1.807) is 56.5 Å². The number of methoxy groups -OCH3 is 1. The molecular weight excluding hydrogens is 538 g/mol. The normalized spacial score (nSPS) is 14.3. The maximum atomic E-state index is 14.1. The Hall–Kier alpha value is -3.85. The molecule has 0 aliphatic heterocycles. The summed E-state index contributed by atoms with van der Waals surface area (Å²) in [4.78, 5) is 29.0. The SMILES string of the molecule is COc1ccc(CN(C(=O)CN(c2cc(C)cc(C)c2)S(=O)(=O)c2ccccc2)C(C)C(=O)NC2CCCC2)cc1. The van der Waals surface area contributed by atoms with E-state index in [2.05, 4.69) is 5.32 Å². The molecule has 0 heterocycles. The van der Waals surface area contributed by atoms with Crippen molar-refractivity contribution in [1.29, 1.82) is 0 Å². The Morgan fingerprint density at radius 2 is 1.56 bits per heavy atom. The zero-order valence-corrected chi connectivity index (χ0v) is 25.0. The Balaban J connectivity index is 1.69. The summed E-state index contributed by atoms with van der Waals surface area (Å²) >= 11 is 0.